The second kappa shape index (κ2) is 14.3. The molecule has 0 aromatic carbocycles. The van der Waals surface area contributed by atoms with E-state index in [-0.39, 0.29) is 59.8 Å². The molecule has 0 amide bonds. The number of hydrogen-bond acceptors (Lipinski definition) is 10. The molecular weight excluding hydrogens is 492 g/mol. The maximum atomic E-state index is 10.1. The van der Waals surface area contributed by atoms with Crippen molar-refractivity contribution in [3.63, 3.8) is 0 Å². The summed E-state index contributed by atoms with van der Waals surface area (Å²) in [7, 11) is 0. The molecule has 20 heavy (non-hydrogen) atoms. The fraction of sp³-hybridized carbons (Fsp3) is 0. The van der Waals surface area contributed by atoms with Crippen molar-refractivity contribution in [1.29, 1.82) is 0 Å². The van der Waals surface area contributed by atoms with Crippen LogP contribution in [-0.2, 0) is 0 Å². The zero-order valence-electron chi connectivity index (χ0n) is 9.52. The van der Waals surface area contributed by atoms with Gasteiger partial charge in [0.1, 0.15) is 0 Å². The smallest absolute Gasteiger partial charge is 0.870 e. The molecule has 2 rings (SSSR count). The Morgan fingerprint density at radius 1 is 0.650 bits per heavy atom. The third-order valence-electron chi connectivity index (χ3n) is 1.22. The van der Waals surface area contributed by atoms with Crippen molar-refractivity contribution >= 4 is 48.9 Å². The van der Waals surface area contributed by atoms with E-state index in [1.54, 1.807) is 0 Å². The van der Waals surface area contributed by atoms with E-state index >= 15 is 0 Å². The zero-order chi connectivity index (χ0) is 12.0. The molecule has 2 heterocycles. The van der Waals surface area contributed by atoms with Gasteiger partial charge in [-0.25, -0.2) is 0 Å². The number of aromatic nitrogens is 4. The van der Waals surface area contributed by atoms with Crippen molar-refractivity contribution < 1.29 is 31.4 Å². The van der Waals surface area contributed by atoms with Crippen LogP contribution in [0.3, 0.4) is 0 Å². The van der Waals surface area contributed by atoms with E-state index in [1.165, 1.54) is 0 Å². The minimum atomic E-state index is -0.725. The molecule has 0 atom stereocenters. The van der Waals surface area contributed by atoms with Crippen LogP contribution in [0.4, 0.5) is 0 Å². The Bertz CT molecular complexity index is 400. The number of hydrogen-bond donors (Lipinski definition) is 0. The van der Waals surface area contributed by atoms with Crippen molar-refractivity contribution in [3.8, 4) is 23.8 Å². The molecule has 0 spiro atoms. The van der Waals surface area contributed by atoms with Gasteiger partial charge in [0, 0.05) is 12.4 Å². The monoisotopic (exact) mass is 496 g/mol. The van der Waals surface area contributed by atoms with Gasteiger partial charge in [-0.05, 0) is 23.9 Å². The molecule has 0 saturated heterocycles. The first-order valence-electron chi connectivity index (χ1n) is 3.92. The van der Waals surface area contributed by atoms with Crippen LogP contribution in [0.15, 0.2) is 24.5 Å². The molecule has 0 aliphatic heterocycles. The summed E-state index contributed by atoms with van der Waals surface area (Å²) in [6.07, 6.45) is 2.27. The van der Waals surface area contributed by atoms with Crippen molar-refractivity contribution in [2.45, 2.75) is 0 Å². The van der Waals surface area contributed by atoms with Crippen LogP contribution < -0.4 is 20.4 Å². The van der Waals surface area contributed by atoms with E-state index in [2.05, 4.69) is 19.9 Å². The summed E-state index contributed by atoms with van der Waals surface area (Å²) in [6, 6.07) is 0.804. The van der Waals surface area contributed by atoms with Gasteiger partial charge in [-0.3, -0.25) is 19.9 Å². The predicted molar refractivity (Wildman–Crippen MR) is 57.2 cm³/mol. The van der Waals surface area contributed by atoms with Gasteiger partial charge in [0.25, 0.3) is 0 Å². The number of nitrogens with zero attached hydrogens (tertiary/aromatic N) is 4. The zero-order valence-corrected chi connectivity index (χ0v) is 14.6. The summed E-state index contributed by atoms with van der Waals surface area (Å²) in [5.74, 6) is -1.07. The molecule has 0 aliphatic rings. The van der Waals surface area contributed by atoms with Crippen molar-refractivity contribution in [2.24, 2.45) is 0 Å². The molecule has 2 N–H and O–H groups in total. The first-order chi connectivity index (χ1) is 7.58. The molecule has 12 heteroatoms. The maximum Gasteiger partial charge on any atom is 3.00 e. The standard InChI is InChI=1S/2C4H4N2O2.2H2O.2Sb/c2*7-3-1-2-5-4(8)6-3;;;;/h2*1-2H,(H2,5,6,7,8);2*1H2;;/q;;;;2*+3/p-6. The van der Waals surface area contributed by atoms with Gasteiger partial charge in [-0.1, -0.05) is 0 Å². The Morgan fingerprint density at radius 2 is 0.950 bits per heavy atom. The summed E-state index contributed by atoms with van der Waals surface area (Å²) in [5.41, 5.74) is 0. The molecule has 2 aromatic heterocycles. The van der Waals surface area contributed by atoms with Crippen LogP contribution >= 0.6 is 0 Å². The fourth-order valence-corrected chi connectivity index (χ4v) is 0.650. The Hall–Kier alpha value is -1.08. The second-order valence-electron chi connectivity index (χ2n) is 2.35. The first-order valence-corrected chi connectivity index (χ1v) is 3.92. The molecule has 0 aliphatic carbocycles. The van der Waals surface area contributed by atoms with Crippen LogP contribution in [0.25, 0.3) is 0 Å². The van der Waals surface area contributed by atoms with E-state index in [4.69, 9.17) is 0 Å². The van der Waals surface area contributed by atoms with Gasteiger partial charge < -0.3 is 31.4 Å². The minimum Gasteiger partial charge on any atom is -0.870 e. The Balaban J connectivity index is -0.000000107. The molecular formula is C8H6N4O6Sb2. The van der Waals surface area contributed by atoms with Crippen LogP contribution in [0.1, 0.15) is 0 Å². The average molecular weight is 498 g/mol. The van der Waals surface area contributed by atoms with Gasteiger partial charge in [-0.2, -0.15) is 0 Å². The van der Waals surface area contributed by atoms with Gasteiger partial charge in [0.15, 0.2) is 0 Å². The van der Waals surface area contributed by atoms with Crippen molar-refractivity contribution in [1.82, 2.24) is 19.9 Å². The Labute approximate surface area is 148 Å². The summed E-state index contributed by atoms with van der Waals surface area (Å²) >= 11 is 0. The topological polar surface area (TPSA) is 204 Å². The SMILES string of the molecule is [O-]c1ccnc([O-])n1.[O-]c1ccnc([O-])n1.[OH-].[OH-].[Sb+3].[Sb+3]. The minimum absolute atomic E-state index is 0. The average Bonchev–Trinajstić information content (AvgIpc) is 2.17. The Morgan fingerprint density at radius 3 is 1.10 bits per heavy atom. The molecule has 4 radical (unpaired) electrons. The van der Waals surface area contributed by atoms with E-state index in [9.17, 15) is 20.4 Å². The molecule has 0 saturated carbocycles. The largest absolute Gasteiger partial charge is 3.00 e. The summed E-state index contributed by atoms with van der Waals surface area (Å²) < 4.78 is 0. The molecule has 0 fully saturated rings. The quantitative estimate of drug-likeness (QED) is 0.324. The molecule has 0 bridgehead atoms. The normalized spacial score (nSPS) is 7.20. The summed E-state index contributed by atoms with van der Waals surface area (Å²) in [6.45, 7) is 0. The van der Waals surface area contributed by atoms with Gasteiger partial charge in [-0.15, -0.1) is 0 Å². The number of rotatable bonds is 0. The fourth-order valence-electron chi connectivity index (χ4n) is 0.650. The van der Waals surface area contributed by atoms with Gasteiger partial charge >= 0.3 is 48.9 Å². The summed E-state index contributed by atoms with van der Waals surface area (Å²) in [5, 5.41) is 40.4. The molecule has 10 nitrogen and oxygen atoms in total. The van der Waals surface area contributed by atoms with E-state index < -0.39 is 23.8 Å². The first kappa shape index (κ1) is 27.3. The summed E-state index contributed by atoms with van der Waals surface area (Å²) in [4.78, 5) is 12.2. The van der Waals surface area contributed by atoms with E-state index in [0.29, 0.717) is 0 Å². The third kappa shape index (κ3) is 12.0. The van der Waals surface area contributed by atoms with Crippen molar-refractivity contribution in [3.05, 3.63) is 24.5 Å². The molecule has 0 unspecified atom stereocenters. The molecule has 104 valence electrons. The third-order valence-corrected chi connectivity index (χ3v) is 1.22. The Kier molecular flexibility index (Phi) is 19.6. The maximum absolute atomic E-state index is 10.1. The molecule has 2 aromatic rings. The van der Waals surface area contributed by atoms with Crippen LogP contribution in [0, 0.1) is 0 Å². The van der Waals surface area contributed by atoms with Crippen LogP contribution in [0.5, 0.6) is 23.8 Å². The second-order valence-corrected chi connectivity index (χ2v) is 2.35. The van der Waals surface area contributed by atoms with Gasteiger partial charge in [0.2, 0.25) is 0 Å². The predicted octanol–water partition coefficient (Wildman–Crippen LogP) is -3.87. The van der Waals surface area contributed by atoms with Crippen LogP contribution in [0.2, 0.25) is 0 Å². The van der Waals surface area contributed by atoms with Crippen molar-refractivity contribution in [2.75, 3.05) is 0 Å². The van der Waals surface area contributed by atoms with Gasteiger partial charge in [0.05, 0.1) is 12.0 Å². The van der Waals surface area contributed by atoms with Crippen LogP contribution in [-0.4, -0.2) is 79.7 Å². The van der Waals surface area contributed by atoms with E-state index in [1.807, 2.05) is 0 Å². The van der Waals surface area contributed by atoms with E-state index in [0.717, 1.165) is 24.5 Å².